The molecule has 2 bridgehead atoms. The third-order valence-corrected chi connectivity index (χ3v) is 10.3. The summed E-state index contributed by atoms with van der Waals surface area (Å²) in [5.74, 6) is 0.0631. The molecule has 3 aliphatic heterocycles. The second kappa shape index (κ2) is 11.0. The summed E-state index contributed by atoms with van der Waals surface area (Å²) >= 11 is 4.04. The van der Waals surface area contributed by atoms with Crippen molar-refractivity contribution >= 4 is 67.9 Å². The Morgan fingerprint density at radius 3 is 2.34 bits per heavy atom. The van der Waals surface area contributed by atoms with Crippen LogP contribution in [-0.4, -0.2) is 91.6 Å². The summed E-state index contributed by atoms with van der Waals surface area (Å²) in [7, 11) is -3.01. The van der Waals surface area contributed by atoms with Gasteiger partial charge in [-0.1, -0.05) is 12.2 Å². The van der Waals surface area contributed by atoms with Gasteiger partial charge in [-0.25, -0.2) is 38.3 Å². The van der Waals surface area contributed by atoms with Crippen molar-refractivity contribution < 1.29 is 45.5 Å². The zero-order chi connectivity index (χ0) is 31.0. The molecule has 3 fully saturated rings. The highest BCUT2D eigenvalue weighted by Crippen LogP contribution is 2.58. The van der Waals surface area contributed by atoms with E-state index in [1.165, 1.54) is 40.4 Å². The molecule has 7 rings (SSSR count). The minimum Gasteiger partial charge on any atom is -0.397 e. The van der Waals surface area contributed by atoms with Gasteiger partial charge in [0.05, 0.1) is 31.6 Å². The Hall–Kier alpha value is -2.74. The number of imidazole rings is 2. The van der Waals surface area contributed by atoms with Crippen LogP contribution in [0.1, 0.15) is 12.5 Å². The van der Waals surface area contributed by atoms with Gasteiger partial charge in [-0.15, -0.1) is 0 Å². The number of halogens is 2. The van der Waals surface area contributed by atoms with Crippen molar-refractivity contribution in [3.63, 3.8) is 0 Å². The number of hydrogen-bond donors (Lipinski definition) is 3. The smallest absolute Gasteiger partial charge is 0.386 e. The van der Waals surface area contributed by atoms with Crippen LogP contribution in [0.4, 0.5) is 20.3 Å². The number of rotatable bonds is 2. The van der Waals surface area contributed by atoms with Gasteiger partial charge in [0.25, 0.3) is 15.0 Å². The monoisotopic (exact) mass is 673 g/mol. The number of nitrogens with zero attached hydrogens (tertiary/aromatic N) is 7. The first kappa shape index (κ1) is 29.9. The molecule has 2 unspecified atom stereocenters. The number of pyridine rings is 1. The van der Waals surface area contributed by atoms with E-state index in [4.69, 9.17) is 39.0 Å². The minimum absolute atomic E-state index is 0.0631. The Labute approximate surface area is 252 Å². The van der Waals surface area contributed by atoms with Crippen LogP contribution in [0.5, 0.6) is 0 Å². The molecule has 23 heteroatoms. The van der Waals surface area contributed by atoms with Crippen molar-refractivity contribution in [2.24, 2.45) is 0 Å². The molecule has 4 aromatic heterocycles. The van der Waals surface area contributed by atoms with Crippen LogP contribution >= 0.6 is 26.5 Å². The summed E-state index contributed by atoms with van der Waals surface area (Å²) in [6.07, 6.45) is -7.39. The molecule has 3 saturated heterocycles. The molecule has 10 atom stereocenters. The Morgan fingerprint density at radius 1 is 0.864 bits per heavy atom. The van der Waals surface area contributed by atoms with E-state index in [1.807, 2.05) is 0 Å². The molecule has 0 aliphatic carbocycles. The third kappa shape index (κ3) is 5.19. The van der Waals surface area contributed by atoms with Crippen LogP contribution in [0.25, 0.3) is 22.3 Å². The molecular formula is C21H24BF2N9O8P2S. The van der Waals surface area contributed by atoms with Crippen molar-refractivity contribution in [3.05, 3.63) is 31.2 Å². The van der Waals surface area contributed by atoms with Gasteiger partial charge < -0.3 is 30.0 Å². The maximum atomic E-state index is 16.0. The Balaban J connectivity index is 1.20. The second-order valence-corrected chi connectivity index (χ2v) is 15.2. The van der Waals surface area contributed by atoms with Gasteiger partial charge in [-0.05, 0) is 6.07 Å². The molecular weight excluding hydrogens is 649 g/mol. The fourth-order valence-corrected chi connectivity index (χ4v) is 7.98. The molecule has 0 saturated carbocycles. The Morgan fingerprint density at radius 2 is 1.55 bits per heavy atom. The Kier molecular flexibility index (Phi) is 7.46. The highest BCUT2D eigenvalue weighted by atomic mass is 32.7. The summed E-state index contributed by atoms with van der Waals surface area (Å²) < 4.78 is 95.3. The van der Waals surface area contributed by atoms with Gasteiger partial charge in [-0.3, -0.25) is 22.7 Å². The van der Waals surface area contributed by atoms with Crippen LogP contribution in [0.2, 0.25) is 0 Å². The maximum absolute atomic E-state index is 16.0. The highest BCUT2D eigenvalue weighted by Gasteiger charge is 2.54. The van der Waals surface area contributed by atoms with Crippen molar-refractivity contribution in [3.8, 4) is 0 Å². The lowest BCUT2D eigenvalue weighted by Crippen LogP contribution is -2.34. The van der Waals surface area contributed by atoms with E-state index >= 15 is 8.78 Å². The fourth-order valence-electron chi connectivity index (χ4n) is 5.35. The Bertz CT molecular complexity index is 1840. The van der Waals surface area contributed by atoms with Crippen molar-refractivity contribution in [2.45, 2.75) is 49.2 Å². The van der Waals surface area contributed by atoms with Crippen molar-refractivity contribution in [2.75, 3.05) is 24.7 Å². The lowest BCUT2D eigenvalue weighted by Gasteiger charge is -2.26. The van der Waals surface area contributed by atoms with Crippen LogP contribution in [0, 0.1) is 0 Å². The number of aromatic nitrogens is 7. The molecule has 234 valence electrons. The van der Waals surface area contributed by atoms with E-state index in [0.29, 0.717) is 11.2 Å². The van der Waals surface area contributed by atoms with E-state index in [2.05, 4.69) is 37.2 Å². The number of anilines is 2. The van der Waals surface area contributed by atoms with E-state index < -0.39 is 76.7 Å². The zero-order valence-corrected chi connectivity index (χ0v) is 25.3. The van der Waals surface area contributed by atoms with Crippen LogP contribution in [0.15, 0.2) is 31.2 Å². The van der Waals surface area contributed by atoms with Crippen LogP contribution in [0.3, 0.4) is 0 Å². The van der Waals surface area contributed by atoms with Gasteiger partial charge in [0.1, 0.15) is 41.8 Å². The number of alkyl halides is 2. The summed E-state index contributed by atoms with van der Waals surface area (Å²) in [5.41, 5.74) is 13.1. The van der Waals surface area contributed by atoms with E-state index in [0.717, 1.165) is 7.57 Å². The largest absolute Gasteiger partial charge is 0.397 e. The summed E-state index contributed by atoms with van der Waals surface area (Å²) in [4.78, 5) is 20.5. The minimum atomic E-state index is -4.40. The quantitative estimate of drug-likeness (QED) is 0.156. The second-order valence-electron chi connectivity index (χ2n) is 10.3. The van der Waals surface area contributed by atoms with Crippen LogP contribution < -0.4 is 11.5 Å². The van der Waals surface area contributed by atoms with Crippen LogP contribution in [-0.2, 0) is 36.7 Å². The molecule has 17 nitrogen and oxygen atoms in total. The molecule has 0 spiro atoms. The fraction of sp³-hybridized carbons (Fsp3) is 0.476. The van der Waals surface area contributed by atoms with Gasteiger partial charge in [-0.2, -0.15) is 0 Å². The normalized spacial score (nSPS) is 38.2. The zero-order valence-electron chi connectivity index (χ0n) is 22.6. The molecule has 4 aromatic rings. The molecule has 7 heterocycles. The SMILES string of the molecule is BP1(=O)OC[C@H]2O[C@@H](n3cnc4c(N)ccnc43)[C@H](OP(=O)(S)OC[C@H]3O[C@@H](n4cnc5c(N)ncnc54)[C@H](F)[C@@H]3O1)[C@H]2F. The third-order valence-electron chi connectivity index (χ3n) is 7.40. The molecule has 0 amide bonds. The number of nitrogen functional groups attached to an aromatic ring is 2. The molecule has 0 radical (unpaired) electrons. The van der Waals surface area contributed by atoms with Gasteiger partial charge in [0, 0.05) is 6.20 Å². The van der Waals surface area contributed by atoms with Crippen molar-refractivity contribution in [1.82, 2.24) is 34.1 Å². The standard InChI is InChI=1S/C21H24BF2N9O8P2S/c22-42(34)36-3-9-11(23)16(21(38-9)33-6-30-13-8(25)1-2-27-18(13)33)41-43(35,44)37-4-10-15(40-42)12(24)20(39-10)32-7-31-14-17(26)28-5-29-19(14)32/h1-2,5-7,9-12,15-16,20-21H,3-4,22H2,(H2,25,27)(H,35,44)(H2,26,28,29)/t9-,10-,11+,12-,15-,16-,20-,21-,42?,43?/m1/s1. The predicted octanol–water partition coefficient (Wildman–Crippen LogP) is 1.50. The van der Waals surface area contributed by atoms with Gasteiger partial charge in [0.15, 0.2) is 41.9 Å². The summed E-state index contributed by atoms with van der Waals surface area (Å²) in [6.45, 7) is -5.63. The lowest BCUT2D eigenvalue weighted by atomic mass is 10.1. The number of hydrogen-bond acceptors (Lipinski definition) is 15. The molecule has 0 aromatic carbocycles. The number of ether oxygens (including phenoxy) is 2. The summed E-state index contributed by atoms with van der Waals surface area (Å²) in [6, 6.07) is 1.54. The van der Waals surface area contributed by atoms with E-state index in [-0.39, 0.29) is 22.6 Å². The first-order valence-corrected chi connectivity index (χ1v) is 17.8. The average Bonchev–Trinajstić information content (AvgIpc) is 3.73. The number of fused-ring (bicyclic) bond motifs is 5. The van der Waals surface area contributed by atoms with Gasteiger partial charge >= 0.3 is 6.80 Å². The number of nitrogens with two attached hydrogens (primary N) is 2. The molecule has 44 heavy (non-hydrogen) atoms. The van der Waals surface area contributed by atoms with E-state index in [1.54, 1.807) is 0 Å². The summed E-state index contributed by atoms with van der Waals surface area (Å²) in [5, 5.41) is 0. The van der Waals surface area contributed by atoms with Crippen molar-refractivity contribution in [1.29, 1.82) is 0 Å². The maximum Gasteiger partial charge on any atom is 0.386 e. The number of thiol groups is 1. The molecule has 3 aliphatic rings. The topological polar surface area (TPSA) is 216 Å². The first-order chi connectivity index (χ1) is 20.9. The van der Waals surface area contributed by atoms with E-state index in [9.17, 15) is 9.13 Å². The molecule has 4 N–H and O–H groups in total. The highest BCUT2D eigenvalue weighted by molar-refractivity contribution is 8.44. The lowest BCUT2D eigenvalue weighted by molar-refractivity contribution is -0.0565. The average molecular weight is 673 g/mol. The predicted molar refractivity (Wildman–Crippen MR) is 154 cm³/mol. The first-order valence-electron chi connectivity index (χ1n) is 13.1. The van der Waals surface area contributed by atoms with Gasteiger partial charge in [0.2, 0.25) is 0 Å².